The quantitative estimate of drug-likeness (QED) is 0.303. The summed E-state index contributed by atoms with van der Waals surface area (Å²) in [6, 6.07) is 18.5. The van der Waals surface area contributed by atoms with Gasteiger partial charge in [-0.3, -0.25) is 13.8 Å². The standard InChI is InChI=1S/C25H30O10S/c1-18(26)33-22-23(31-15-21-12-8-5-9-13-21)25(17-32-36(3,28)29,35-24(22)34-19(2)27)16-30-14-20-10-6-4-7-11-20/h4-13,22-24H,14-17H2,1-3H3/t22-,23+,24-,25+/m1/s1. The summed E-state index contributed by atoms with van der Waals surface area (Å²) in [5, 5.41) is 0. The zero-order valence-electron chi connectivity index (χ0n) is 20.3. The number of hydrogen-bond acceptors (Lipinski definition) is 10. The van der Waals surface area contributed by atoms with Crippen LogP contribution >= 0.6 is 0 Å². The van der Waals surface area contributed by atoms with Crippen molar-refractivity contribution in [2.45, 2.75) is 51.2 Å². The summed E-state index contributed by atoms with van der Waals surface area (Å²) >= 11 is 0. The minimum absolute atomic E-state index is 0.0682. The van der Waals surface area contributed by atoms with E-state index in [1.54, 1.807) is 0 Å². The van der Waals surface area contributed by atoms with Gasteiger partial charge in [-0.2, -0.15) is 8.42 Å². The van der Waals surface area contributed by atoms with Crippen LogP contribution in [0, 0.1) is 0 Å². The van der Waals surface area contributed by atoms with E-state index in [0.29, 0.717) is 0 Å². The molecule has 0 saturated carbocycles. The summed E-state index contributed by atoms with van der Waals surface area (Å²) in [6.45, 7) is 1.86. The number of esters is 2. The van der Waals surface area contributed by atoms with Crippen LogP contribution in [0.4, 0.5) is 0 Å². The molecular weight excluding hydrogens is 492 g/mol. The van der Waals surface area contributed by atoms with Gasteiger partial charge in [-0.25, -0.2) is 0 Å². The molecule has 0 unspecified atom stereocenters. The van der Waals surface area contributed by atoms with E-state index in [0.717, 1.165) is 17.4 Å². The second-order valence-electron chi connectivity index (χ2n) is 8.40. The first-order valence-electron chi connectivity index (χ1n) is 11.2. The van der Waals surface area contributed by atoms with Gasteiger partial charge in [0.1, 0.15) is 12.7 Å². The molecule has 1 heterocycles. The van der Waals surface area contributed by atoms with Gasteiger partial charge in [-0.15, -0.1) is 0 Å². The highest BCUT2D eigenvalue weighted by Gasteiger charge is 2.60. The van der Waals surface area contributed by atoms with Gasteiger partial charge < -0.3 is 23.7 Å². The van der Waals surface area contributed by atoms with E-state index in [9.17, 15) is 18.0 Å². The second-order valence-corrected chi connectivity index (χ2v) is 10.0. The van der Waals surface area contributed by atoms with Crippen LogP contribution in [0.15, 0.2) is 60.7 Å². The Labute approximate surface area is 210 Å². The first-order valence-corrected chi connectivity index (χ1v) is 13.0. The molecule has 4 atom stereocenters. The molecular formula is C25H30O10S. The van der Waals surface area contributed by atoms with Gasteiger partial charge in [0.05, 0.1) is 26.1 Å². The van der Waals surface area contributed by atoms with Crippen molar-refractivity contribution in [2.24, 2.45) is 0 Å². The maximum Gasteiger partial charge on any atom is 0.305 e. The van der Waals surface area contributed by atoms with Crippen LogP contribution in [0.3, 0.4) is 0 Å². The van der Waals surface area contributed by atoms with Crippen LogP contribution < -0.4 is 0 Å². The summed E-state index contributed by atoms with van der Waals surface area (Å²) in [7, 11) is -3.91. The van der Waals surface area contributed by atoms with E-state index < -0.39 is 52.8 Å². The van der Waals surface area contributed by atoms with E-state index in [1.165, 1.54) is 13.8 Å². The van der Waals surface area contributed by atoms with E-state index >= 15 is 0 Å². The molecule has 3 rings (SSSR count). The second kappa shape index (κ2) is 12.4. The molecule has 0 aliphatic carbocycles. The van der Waals surface area contributed by atoms with Crippen LogP contribution in [0.2, 0.25) is 0 Å². The fourth-order valence-corrected chi connectivity index (χ4v) is 4.19. The first kappa shape index (κ1) is 27.8. The predicted octanol–water partition coefficient (Wildman–Crippen LogP) is 2.35. The third-order valence-corrected chi connectivity index (χ3v) is 5.81. The van der Waals surface area contributed by atoms with Gasteiger partial charge in [0.25, 0.3) is 10.1 Å². The molecule has 2 aromatic carbocycles. The molecule has 36 heavy (non-hydrogen) atoms. The van der Waals surface area contributed by atoms with E-state index in [1.807, 2.05) is 60.7 Å². The first-order chi connectivity index (χ1) is 17.1. The van der Waals surface area contributed by atoms with Crippen molar-refractivity contribution in [3.63, 3.8) is 0 Å². The van der Waals surface area contributed by atoms with Crippen molar-refractivity contribution in [3.05, 3.63) is 71.8 Å². The largest absolute Gasteiger partial charge is 0.453 e. The van der Waals surface area contributed by atoms with Gasteiger partial charge >= 0.3 is 11.9 Å². The Balaban J connectivity index is 1.94. The monoisotopic (exact) mass is 522 g/mol. The molecule has 0 spiro atoms. The highest BCUT2D eigenvalue weighted by atomic mass is 32.2. The Hall–Kier alpha value is -2.83. The molecule has 0 aromatic heterocycles. The number of ether oxygens (including phenoxy) is 5. The Morgan fingerprint density at radius 2 is 1.42 bits per heavy atom. The van der Waals surface area contributed by atoms with Gasteiger partial charge in [0.15, 0.2) is 11.7 Å². The zero-order valence-corrected chi connectivity index (χ0v) is 21.1. The third-order valence-electron chi connectivity index (χ3n) is 5.27. The van der Waals surface area contributed by atoms with Gasteiger partial charge in [-0.1, -0.05) is 60.7 Å². The topological polar surface area (TPSA) is 124 Å². The van der Waals surface area contributed by atoms with Crippen molar-refractivity contribution < 1.29 is 45.9 Å². The highest BCUT2D eigenvalue weighted by molar-refractivity contribution is 7.85. The molecule has 11 heteroatoms. The number of carbonyl (C=O) groups excluding carboxylic acids is 2. The minimum Gasteiger partial charge on any atom is -0.453 e. The smallest absolute Gasteiger partial charge is 0.305 e. The summed E-state index contributed by atoms with van der Waals surface area (Å²) in [5.74, 6) is -1.36. The molecule has 1 saturated heterocycles. The lowest BCUT2D eigenvalue weighted by Gasteiger charge is -2.33. The van der Waals surface area contributed by atoms with Crippen molar-refractivity contribution in [2.75, 3.05) is 19.5 Å². The van der Waals surface area contributed by atoms with Crippen LogP contribution in [-0.2, 0) is 60.8 Å². The lowest BCUT2D eigenvalue weighted by molar-refractivity contribution is -0.217. The fraction of sp³-hybridized carbons (Fsp3) is 0.440. The Morgan fingerprint density at radius 3 is 1.94 bits per heavy atom. The number of benzene rings is 2. The summed E-state index contributed by atoms with van der Waals surface area (Å²) in [4.78, 5) is 23.7. The Bertz CT molecular complexity index is 1110. The molecule has 0 amide bonds. The highest BCUT2D eigenvalue weighted by Crippen LogP contribution is 2.38. The van der Waals surface area contributed by atoms with Crippen molar-refractivity contribution in [1.29, 1.82) is 0 Å². The molecule has 1 aliphatic rings. The minimum atomic E-state index is -3.91. The maximum atomic E-state index is 11.9. The molecule has 10 nitrogen and oxygen atoms in total. The lowest BCUT2D eigenvalue weighted by atomic mass is 9.96. The van der Waals surface area contributed by atoms with E-state index in [2.05, 4.69) is 0 Å². The van der Waals surface area contributed by atoms with Crippen LogP contribution in [0.1, 0.15) is 25.0 Å². The van der Waals surface area contributed by atoms with Gasteiger partial charge in [0, 0.05) is 13.8 Å². The molecule has 1 fully saturated rings. The molecule has 2 aromatic rings. The normalized spacial score (nSPS) is 23.8. The van der Waals surface area contributed by atoms with Crippen molar-refractivity contribution in [3.8, 4) is 0 Å². The number of rotatable bonds is 12. The van der Waals surface area contributed by atoms with Crippen LogP contribution in [0.5, 0.6) is 0 Å². The SMILES string of the molecule is CC(=O)O[C@@H]1O[C@@](COCc2ccccc2)(COS(C)(=O)=O)[C@@H](OCc2ccccc2)[C@H]1OC(C)=O. The van der Waals surface area contributed by atoms with Gasteiger partial charge in [0.2, 0.25) is 6.29 Å². The zero-order chi connectivity index (χ0) is 26.2. The van der Waals surface area contributed by atoms with Gasteiger partial charge in [-0.05, 0) is 11.1 Å². The van der Waals surface area contributed by atoms with Crippen LogP contribution in [-0.4, -0.2) is 63.9 Å². The van der Waals surface area contributed by atoms with Crippen LogP contribution in [0.25, 0.3) is 0 Å². The number of hydrogen-bond donors (Lipinski definition) is 0. The summed E-state index contributed by atoms with van der Waals surface area (Å²) < 4.78 is 57.7. The molecule has 0 N–H and O–H groups in total. The Kier molecular flexibility index (Phi) is 9.57. The third kappa shape index (κ3) is 8.10. The lowest BCUT2D eigenvalue weighted by Crippen LogP contribution is -2.53. The number of carbonyl (C=O) groups is 2. The summed E-state index contributed by atoms with van der Waals surface area (Å²) in [6.07, 6.45) is -2.80. The summed E-state index contributed by atoms with van der Waals surface area (Å²) in [5.41, 5.74) is 0.0648. The van der Waals surface area contributed by atoms with E-state index in [4.69, 9.17) is 27.9 Å². The molecule has 196 valence electrons. The fourth-order valence-electron chi connectivity index (χ4n) is 3.77. The molecule has 0 radical (unpaired) electrons. The Morgan fingerprint density at radius 1 is 0.861 bits per heavy atom. The van der Waals surface area contributed by atoms with E-state index in [-0.39, 0.29) is 19.8 Å². The molecule has 1 aliphatic heterocycles. The average molecular weight is 523 g/mol. The molecule has 0 bridgehead atoms. The average Bonchev–Trinajstić information content (AvgIpc) is 3.08. The maximum absolute atomic E-state index is 11.9. The predicted molar refractivity (Wildman–Crippen MR) is 127 cm³/mol. The van der Waals surface area contributed by atoms with Crippen molar-refractivity contribution >= 4 is 22.1 Å². The van der Waals surface area contributed by atoms with Crippen molar-refractivity contribution in [1.82, 2.24) is 0 Å².